The molecule has 0 aromatic heterocycles. The van der Waals surface area contributed by atoms with Crippen LogP contribution in [-0.4, -0.2) is 85.0 Å². The van der Waals surface area contributed by atoms with E-state index in [1.165, 1.54) is 0 Å². The Morgan fingerprint density at radius 2 is 1.77 bits per heavy atom. The van der Waals surface area contributed by atoms with E-state index < -0.39 is 6.10 Å². The number of para-hydroxylation sites is 1. The minimum Gasteiger partial charge on any atom is -0.487 e. The number of fused-ring (bicyclic) bond motifs is 3. The largest absolute Gasteiger partial charge is 0.487 e. The number of piperazine rings is 1. The average molecular weight is 481 g/mol. The van der Waals surface area contributed by atoms with Gasteiger partial charge < -0.3 is 35.0 Å². The number of likely N-dealkylation sites (N-methyl/N-ethyl adjacent to an activating group) is 1. The van der Waals surface area contributed by atoms with E-state index in [1.54, 1.807) is 6.07 Å². The lowest BCUT2D eigenvalue weighted by Gasteiger charge is -2.38. The Hall–Kier alpha value is -3.14. The molecule has 5 rings (SSSR count). The topological polar surface area (TPSA) is 103 Å². The molecule has 9 nitrogen and oxygen atoms in total. The van der Waals surface area contributed by atoms with Crippen LogP contribution in [0.3, 0.4) is 0 Å². The number of nitrogens with one attached hydrogen (secondary N) is 2. The summed E-state index contributed by atoms with van der Waals surface area (Å²) in [7, 11) is 2.06. The number of amides is 3. The van der Waals surface area contributed by atoms with Crippen LogP contribution in [0.5, 0.6) is 5.75 Å². The van der Waals surface area contributed by atoms with Crippen LogP contribution in [0.15, 0.2) is 48.5 Å². The first kappa shape index (κ1) is 23.6. The van der Waals surface area contributed by atoms with E-state index in [9.17, 15) is 14.7 Å². The first-order valence-corrected chi connectivity index (χ1v) is 12.2. The second-order valence-electron chi connectivity index (χ2n) is 9.49. The fourth-order valence-electron chi connectivity index (χ4n) is 5.16. The number of ether oxygens (including phenoxy) is 2. The summed E-state index contributed by atoms with van der Waals surface area (Å²) in [6, 6.07) is 14.5. The van der Waals surface area contributed by atoms with Crippen molar-refractivity contribution in [3.05, 3.63) is 54.1 Å². The van der Waals surface area contributed by atoms with Gasteiger partial charge in [0, 0.05) is 49.0 Å². The maximum Gasteiger partial charge on any atom is 0.323 e. The van der Waals surface area contributed by atoms with Gasteiger partial charge in [-0.25, -0.2) is 4.79 Å². The smallest absolute Gasteiger partial charge is 0.323 e. The quantitative estimate of drug-likeness (QED) is 0.608. The molecule has 0 bridgehead atoms. The number of carbonyl (C=O) groups excluding carboxylic acids is 2. The van der Waals surface area contributed by atoms with Crippen molar-refractivity contribution in [2.24, 2.45) is 0 Å². The number of nitrogens with zero attached hydrogens (tertiary/aromatic N) is 2. The monoisotopic (exact) mass is 480 g/mol. The highest BCUT2D eigenvalue weighted by atomic mass is 16.6. The fraction of sp³-hybridized carbons (Fsp3) is 0.462. The zero-order valence-electron chi connectivity index (χ0n) is 19.9. The van der Waals surface area contributed by atoms with E-state index in [2.05, 4.69) is 22.6 Å². The van der Waals surface area contributed by atoms with Gasteiger partial charge in [0.25, 0.3) is 0 Å². The van der Waals surface area contributed by atoms with Gasteiger partial charge in [-0.2, -0.15) is 0 Å². The average Bonchev–Trinajstić information content (AvgIpc) is 3.22. The van der Waals surface area contributed by atoms with Crippen molar-refractivity contribution in [1.82, 2.24) is 9.80 Å². The second kappa shape index (κ2) is 10.2. The zero-order valence-corrected chi connectivity index (χ0v) is 19.9. The predicted octanol–water partition coefficient (Wildman–Crippen LogP) is 2.49. The standard InChI is InChI=1S/C26H32N4O5/c1-29-9-11-30(12-10-29)24(32)15-19-14-21-20-13-18(28-26(33)27-17-5-3-2-4-6-17)7-8-22(20)35-25(21)23(16-31)34-19/h2-8,13,19,21,23,25,31H,9-12,14-16H2,1H3,(H2,27,28,33)/t19-,21+,23-,25-/m1/s1. The molecule has 0 saturated carbocycles. The van der Waals surface area contributed by atoms with Crippen molar-refractivity contribution in [1.29, 1.82) is 0 Å². The number of benzene rings is 2. The van der Waals surface area contributed by atoms with Gasteiger partial charge in [-0.05, 0) is 43.8 Å². The molecule has 35 heavy (non-hydrogen) atoms. The summed E-state index contributed by atoms with van der Waals surface area (Å²) in [6.07, 6.45) is -0.223. The van der Waals surface area contributed by atoms with Gasteiger partial charge in [0.2, 0.25) is 5.91 Å². The molecule has 0 spiro atoms. The van der Waals surface area contributed by atoms with Gasteiger partial charge in [0.15, 0.2) is 0 Å². The highest BCUT2D eigenvalue weighted by Crippen LogP contribution is 2.47. The van der Waals surface area contributed by atoms with E-state index in [4.69, 9.17) is 9.47 Å². The third kappa shape index (κ3) is 5.27. The lowest BCUT2D eigenvalue weighted by Crippen LogP contribution is -2.50. The summed E-state index contributed by atoms with van der Waals surface area (Å²) in [5, 5.41) is 15.7. The molecule has 2 aromatic rings. The highest BCUT2D eigenvalue weighted by molar-refractivity contribution is 5.99. The van der Waals surface area contributed by atoms with E-state index in [0.717, 1.165) is 37.5 Å². The maximum absolute atomic E-state index is 12.9. The predicted molar refractivity (Wildman–Crippen MR) is 132 cm³/mol. The molecular weight excluding hydrogens is 448 g/mol. The number of aliphatic hydroxyl groups is 1. The number of urea groups is 1. The Morgan fingerprint density at radius 1 is 1.03 bits per heavy atom. The normalized spacial score (nSPS) is 25.8. The Labute approximate surface area is 205 Å². The van der Waals surface area contributed by atoms with E-state index >= 15 is 0 Å². The molecule has 186 valence electrons. The molecule has 3 amide bonds. The van der Waals surface area contributed by atoms with Gasteiger partial charge in [0.1, 0.15) is 18.0 Å². The molecule has 4 atom stereocenters. The van der Waals surface area contributed by atoms with Crippen molar-refractivity contribution in [2.45, 2.75) is 37.1 Å². The number of anilines is 2. The molecule has 3 aliphatic heterocycles. The van der Waals surface area contributed by atoms with Crippen LogP contribution in [0.4, 0.5) is 16.2 Å². The number of rotatable bonds is 5. The first-order chi connectivity index (χ1) is 17.0. The van der Waals surface area contributed by atoms with E-state index in [-0.39, 0.29) is 43.1 Å². The first-order valence-electron chi connectivity index (χ1n) is 12.2. The van der Waals surface area contributed by atoms with Gasteiger partial charge in [-0.3, -0.25) is 4.79 Å². The van der Waals surface area contributed by atoms with Crippen molar-refractivity contribution < 1.29 is 24.2 Å². The molecule has 0 aliphatic carbocycles. The van der Waals surface area contributed by atoms with Gasteiger partial charge in [-0.1, -0.05) is 18.2 Å². The van der Waals surface area contributed by atoms with Crippen LogP contribution < -0.4 is 15.4 Å². The number of hydrogen-bond donors (Lipinski definition) is 3. The van der Waals surface area contributed by atoms with E-state index in [1.807, 2.05) is 47.4 Å². The van der Waals surface area contributed by atoms with Crippen LogP contribution in [-0.2, 0) is 9.53 Å². The highest BCUT2D eigenvalue weighted by Gasteiger charge is 2.46. The van der Waals surface area contributed by atoms with Crippen LogP contribution in [0, 0.1) is 0 Å². The fourth-order valence-corrected chi connectivity index (χ4v) is 5.16. The van der Waals surface area contributed by atoms with Crippen LogP contribution in [0.2, 0.25) is 0 Å². The minimum absolute atomic E-state index is 0.0277. The Bertz CT molecular complexity index is 1060. The Balaban J connectivity index is 1.26. The third-order valence-corrected chi connectivity index (χ3v) is 7.05. The molecule has 2 aromatic carbocycles. The van der Waals surface area contributed by atoms with Crippen LogP contribution >= 0.6 is 0 Å². The SMILES string of the molecule is CN1CCN(C(=O)C[C@H]2C[C@H]3c4cc(NC(=O)Nc5ccccc5)ccc4O[C@H]3[C@@H](CO)O2)CC1. The molecule has 3 N–H and O–H groups in total. The molecule has 2 saturated heterocycles. The zero-order chi connectivity index (χ0) is 24.4. The maximum atomic E-state index is 12.9. The number of hydrogen-bond acceptors (Lipinski definition) is 6. The van der Waals surface area contributed by atoms with Crippen molar-refractivity contribution in [3.8, 4) is 5.75 Å². The van der Waals surface area contributed by atoms with Crippen molar-refractivity contribution in [2.75, 3.05) is 50.5 Å². The summed E-state index contributed by atoms with van der Waals surface area (Å²) in [5.41, 5.74) is 2.32. The molecule has 0 unspecified atom stereocenters. The molecular formula is C26H32N4O5. The molecule has 3 aliphatic rings. The van der Waals surface area contributed by atoms with Crippen molar-refractivity contribution in [3.63, 3.8) is 0 Å². The summed E-state index contributed by atoms with van der Waals surface area (Å²) in [5.74, 6) is 0.785. The van der Waals surface area contributed by atoms with Gasteiger partial charge in [-0.15, -0.1) is 0 Å². The minimum atomic E-state index is -0.510. The van der Waals surface area contributed by atoms with Gasteiger partial charge >= 0.3 is 6.03 Å². The Kier molecular flexibility index (Phi) is 6.90. The summed E-state index contributed by atoms with van der Waals surface area (Å²) in [4.78, 5) is 29.5. The summed E-state index contributed by atoms with van der Waals surface area (Å²) >= 11 is 0. The molecule has 2 fully saturated rings. The van der Waals surface area contributed by atoms with Crippen LogP contribution in [0.25, 0.3) is 0 Å². The van der Waals surface area contributed by atoms with Crippen LogP contribution in [0.1, 0.15) is 24.3 Å². The number of aliphatic hydroxyl groups excluding tert-OH is 1. The summed E-state index contributed by atoms with van der Waals surface area (Å²) < 4.78 is 12.2. The Morgan fingerprint density at radius 3 is 2.51 bits per heavy atom. The summed E-state index contributed by atoms with van der Waals surface area (Å²) in [6.45, 7) is 3.01. The molecule has 0 radical (unpaired) electrons. The lowest BCUT2D eigenvalue weighted by atomic mass is 9.84. The lowest BCUT2D eigenvalue weighted by molar-refractivity contribution is -0.150. The second-order valence-corrected chi connectivity index (χ2v) is 9.49. The third-order valence-electron chi connectivity index (χ3n) is 7.05. The number of carbonyl (C=O) groups is 2. The van der Waals surface area contributed by atoms with E-state index in [0.29, 0.717) is 17.8 Å². The van der Waals surface area contributed by atoms with Gasteiger partial charge in [0.05, 0.1) is 19.1 Å². The van der Waals surface area contributed by atoms with Crippen molar-refractivity contribution >= 4 is 23.3 Å². The molecule has 3 heterocycles. The molecule has 9 heteroatoms.